The number of halogens is 1. The molecule has 2 heterocycles. The Morgan fingerprint density at radius 3 is 2.73 bits per heavy atom. The minimum absolute atomic E-state index is 0.114. The first-order valence-corrected chi connectivity index (χ1v) is 8.38. The van der Waals surface area contributed by atoms with E-state index in [0.717, 1.165) is 15.9 Å². The van der Waals surface area contributed by atoms with Crippen molar-refractivity contribution in [1.29, 1.82) is 0 Å². The molecule has 1 fully saturated rings. The maximum Gasteiger partial charge on any atom is 0.405 e. The maximum absolute atomic E-state index is 12.8. The van der Waals surface area contributed by atoms with Gasteiger partial charge in [-0.15, -0.1) is 0 Å². The van der Waals surface area contributed by atoms with Crippen molar-refractivity contribution in [1.82, 2.24) is 20.2 Å². The zero-order chi connectivity index (χ0) is 16.4. The third-order valence-electron chi connectivity index (χ3n) is 3.89. The summed E-state index contributed by atoms with van der Waals surface area (Å²) in [6.45, 7) is 6.38. The average Bonchev–Trinajstić information content (AvgIpc) is 3.00. The van der Waals surface area contributed by atoms with Gasteiger partial charge in [-0.05, 0) is 40.8 Å². The van der Waals surface area contributed by atoms with E-state index in [4.69, 9.17) is 5.11 Å². The van der Waals surface area contributed by atoms with E-state index in [2.05, 4.69) is 44.8 Å². The van der Waals surface area contributed by atoms with Crippen LogP contribution in [0.5, 0.6) is 0 Å². The van der Waals surface area contributed by atoms with Gasteiger partial charge < -0.3 is 20.3 Å². The van der Waals surface area contributed by atoms with Crippen LogP contribution in [0.25, 0.3) is 0 Å². The number of likely N-dealkylation sites (tertiary alicyclic amines) is 1. The Hall–Kier alpha value is -1.32. The topological polar surface area (TPSA) is 98.3 Å². The van der Waals surface area contributed by atoms with Crippen LogP contribution in [0.4, 0.5) is 4.79 Å². The summed E-state index contributed by atoms with van der Waals surface area (Å²) in [6, 6.07) is -0.859. The Kier molecular flexibility index (Phi) is 5.30. The molecule has 2 rings (SSSR count). The average molecular weight is 420 g/mol. The monoisotopic (exact) mass is 420 g/mol. The van der Waals surface area contributed by atoms with Gasteiger partial charge in [0.15, 0.2) is 0 Å². The van der Waals surface area contributed by atoms with Gasteiger partial charge in [0.1, 0.15) is 15.6 Å². The van der Waals surface area contributed by atoms with E-state index in [0.29, 0.717) is 12.5 Å². The minimum atomic E-state index is -1.18. The van der Waals surface area contributed by atoms with Crippen molar-refractivity contribution < 1.29 is 14.7 Å². The number of carbonyl (C=O) groups is 2. The molecule has 8 heteroatoms. The molecule has 0 aromatic carbocycles. The molecule has 7 nitrogen and oxygen atoms in total. The molecule has 0 unspecified atom stereocenters. The number of aromatic nitrogens is 2. The highest BCUT2D eigenvalue weighted by atomic mass is 127. The summed E-state index contributed by atoms with van der Waals surface area (Å²) in [4.78, 5) is 33.1. The molecule has 0 radical (unpaired) electrons. The molecular formula is C14H21IN4O3. The summed E-state index contributed by atoms with van der Waals surface area (Å²) in [5.74, 6) is 0.823. The molecule has 22 heavy (non-hydrogen) atoms. The van der Waals surface area contributed by atoms with Crippen molar-refractivity contribution in [2.75, 3.05) is 6.54 Å². The van der Waals surface area contributed by atoms with E-state index in [1.165, 1.54) is 0 Å². The normalized spacial score (nSPS) is 22.9. The second kappa shape index (κ2) is 6.84. The smallest absolute Gasteiger partial charge is 0.405 e. The number of nitrogens with zero attached hydrogens (tertiary/aromatic N) is 2. The molecule has 0 bridgehead atoms. The first-order valence-electron chi connectivity index (χ1n) is 7.30. The Labute approximate surface area is 143 Å². The van der Waals surface area contributed by atoms with Gasteiger partial charge in [0, 0.05) is 12.7 Å². The molecule has 3 N–H and O–H groups in total. The van der Waals surface area contributed by atoms with Gasteiger partial charge in [0.2, 0.25) is 5.91 Å². The molecule has 0 aliphatic carbocycles. The number of aromatic amines is 1. The Morgan fingerprint density at radius 1 is 1.55 bits per heavy atom. The SMILES string of the molecule is CC(C)[C@H](NC(=O)O)C(=O)N1C[C@@H](C)C[C@@H]1c1nc(I)c[nH]1. The van der Waals surface area contributed by atoms with E-state index in [1.807, 2.05) is 13.8 Å². The van der Waals surface area contributed by atoms with Crippen LogP contribution < -0.4 is 5.32 Å². The lowest BCUT2D eigenvalue weighted by molar-refractivity contribution is -0.135. The summed E-state index contributed by atoms with van der Waals surface area (Å²) >= 11 is 2.12. The molecule has 1 aromatic heterocycles. The van der Waals surface area contributed by atoms with Crippen LogP contribution in [-0.2, 0) is 4.79 Å². The lowest BCUT2D eigenvalue weighted by atomic mass is 10.0. The van der Waals surface area contributed by atoms with Gasteiger partial charge >= 0.3 is 6.09 Å². The number of H-pyrrole nitrogens is 1. The van der Waals surface area contributed by atoms with Crippen molar-refractivity contribution in [3.8, 4) is 0 Å². The van der Waals surface area contributed by atoms with Crippen LogP contribution in [0.2, 0.25) is 0 Å². The zero-order valence-corrected chi connectivity index (χ0v) is 15.0. The molecule has 2 amide bonds. The molecule has 3 atom stereocenters. The third-order valence-corrected chi connectivity index (χ3v) is 4.44. The summed E-state index contributed by atoms with van der Waals surface area (Å²) in [5.41, 5.74) is 0. The van der Waals surface area contributed by atoms with Gasteiger partial charge in [0.25, 0.3) is 0 Å². The second-order valence-electron chi connectivity index (χ2n) is 6.13. The van der Waals surface area contributed by atoms with Gasteiger partial charge in [0.05, 0.1) is 6.04 Å². The van der Waals surface area contributed by atoms with Crippen molar-refractivity contribution in [2.45, 2.75) is 39.3 Å². The predicted octanol–water partition coefficient (Wildman–Crippen LogP) is 2.22. The first-order chi connectivity index (χ1) is 10.3. The molecule has 1 aromatic rings. The van der Waals surface area contributed by atoms with Gasteiger partial charge in [-0.2, -0.15) is 0 Å². The Bertz CT molecular complexity index is 560. The molecule has 1 aliphatic rings. The van der Waals surface area contributed by atoms with Crippen molar-refractivity contribution >= 4 is 34.6 Å². The van der Waals surface area contributed by atoms with Crippen LogP contribution in [0, 0.1) is 15.5 Å². The minimum Gasteiger partial charge on any atom is -0.465 e. The fourth-order valence-electron chi connectivity index (χ4n) is 2.86. The zero-order valence-electron chi connectivity index (χ0n) is 12.8. The molecular weight excluding hydrogens is 399 g/mol. The van der Waals surface area contributed by atoms with E-state index in [9.17, 15) is 9.59 Å². The number of amides is 2. The summed E-state index contributed by atoms with van der Waals surface area (Å²) in [7, 11) is 0. The molecule has 1 saturated heterocycles. The van der Waals surface area contributed by atoms with E-state index >= 15 is 0 Å². The van der Waals surface area contributed by atoms with Crippen molar-refractivity contribution in [3.05, 3.63) is 15.7 Å². The van der Waals surface area contributed by atoms with Crippen LogP contribution >= 0.6 is 22.6 Å². The molecule has 0 saturated carbocycles. The predicted molar refractivity (Wildman–Crippen MR) is 89.3 cm³/mol. The number of imidazole rings is 1. The fraction of sp³-hybridized carbons (Fsp3) is 0.643. The number of hydrogen-bond donors (Lipinski definition) is 3. The van der Waals surface area contributed by atoms with E-state index in [-0.39, 0.29) is 17.9 Å². The van der Waals surface area contributed by atoms with Crippen LogP contribution in [-0.4, -0.2) is 44.6 Å². The third kappa shape index (κ3) is 3.71. The number of hydrogen-bond acceptors (Lipinski definition) is 3. The molecule has 122 valence electrons. The highest BCUT2D eigenvalue weighted by Gasteiger charge is 2.39. The standard InChI is InChI=1S/C14H21IN4O3/c1-7(2)11(18-14(21)22)13(20)19-6-8(3)4-9(19)12-16-5-10(15)17-12/h5,7-9,11,18H,4,6H2,1-3H3,(H,16,17)(H,21,22)/t8-,9+,11-/m0/s1. The lowest BCUT2D eigenvalue weighted by Gasteiger charge is -2.29. The summed E-state index contributed by atoms with van der Waals surface area (Å²) < 4.78 is 0.851. The highest BCUT2D eigenvalue weighted by molar-refractivity contribution is 14.1. The second-order valence-corrected chi connectivity index (χ2v) is 7.23. The van der Waals surface area contributed by atoms with Crippen LogP contribution in [0.15, 0.2) is 6.20 Å². The number of carbonyl (C=O) groups excluding carboxylic acids is 1. The largest absolute Gasteiger partial charge is 0.465 e. The van der Waals surface area contributed by atoms with E-state index < -0.39 is 12.1 Å². The van der Waals surface area contributed by atoms with Gasteiger partial charge in [-0.3, -0.25) is 4.79 Å². The van der Waals surface area contributed by atoms with Crippen LogP contribution in [0.3, 0.4) is 0 Å². The lowest BCUT2D eigenvalue weighted by Crippen LogP contribution is -2.50. The maximum atomic E-state index is 12.8. The van der Waals surface area contributed by atoms with Crippen molar-refractivity contribution in [2.24, 2.45) is 11.8 Å². The van der Waals surface area contributed by atoms with E-state index in [1.54, 1.807) is 11.1 Å². The number of nitrogens with one attached hydrogen (secondary N) is 2. The van der Waals surface area contributed by atoms with Crippen LogP contribution in [0.1, 0.15) is 39.1 Å². The Morgan fingerprint density at radius 2 is 2.23 bits per heavy atom. The van der Waals surface area contributed by atoms with Gasteiger partial charge in [-0.1, -0.05) is 20.8 Å². The summed E-state index contributed by atoms with van der Waals surface area (Å²) in [5, 5.41) is 11.3. The number of carboxylic acid groups (broad SMARTS) is 1. The highest BCUT2D eigenvalue weighted by Crippen LogP contribution is 2.34. The molecule has 0 spiro atoms. The number of rotatable bonds is 4. The Balaban J connectivity index is 2.23. The quantitative estimate of drug-likeness (QED) is 0.651. The molecule has 1 aliphatic heterocycles. The van der Waals surface area contributed by atoms with Gasteiger partial charge in [-0.25, -0.2) is 9.78 Å². The first kappa shape index (κ1) is 17.0. The van der Waals surface area contributed by atoms with Crippen molar-refractivity contribution in [3.63, 3.8) is 0 Å². The fourth-order valence-corrected chi connectivity index (χ4v) is 3.27. The summed E-state index contributed by atoms with van der Waals surface area (Å²) in [6.07, 6.45) is 1.45.